The molecule has 1 atom stereocenters. The summed E-state index contributed by atoms with van der Waals surface area (Å²) in [4.78, 5) is 15.6. The minimum Gasteiger partial charge on any atom is -0.497 e. The predicted octanol–water partition coefficient (Wildman–Crippen LogP) is 4.73. The van der Waals surface area contributed by atoms with Crippen LogP contribution in [0, 0.1) is 26.7 Å². The third-order valence-corrected chi connectivity index (χ3v) is 10.0. The van der Waals surface area contributed by atoms with Crippen LogP contribution in [0.4, 0.5) is 0 Å². The second-order valence-corrected chi connectivity index (χ2v) is 13.0. The van der Waals surface area contributed by atoms with E-state index in [1.807, 2.05) is 75.2 Å². The lowest BCUT2D eigenvalue weighted by molar-refractivity contribution is -0.139. The molecule has 4 rings (SSSR count). The summed E-state index contributed by atoms with van der Waals surface area (Å²) >= 11 is 0. The molecule has 42 heavy (non-hydrogen) atoms. The van der Waals surface area contributed by atoms with Crippen molar-refractivity contribution in [3.63, 3.8) is 0 Å². The van der Waals surface area contributed by atoms with Crippen LogP contribution in [0.3, 0.4) is 0 Å². The molecule has 1 unspecified atom stereocenters. The molecule has 9 nitrogen and oxygen atoms in total. The maximum atomic E-state index is 13.9. The van der Waals surface area contributed by atoms with Crippen LogP contribution >= 0.6 is 0 Å². The average Bonchev–Trinajstić information content (AvgIpc) is 3.44. The maximum absolute atomic E-state index is 13.9. The number of hydrogen-bond donors (Lipinski definition) is 0. The van der Waals surface area contributed by atoms with Gasteiger partial charge in [0.05, 0.1) is 31.8 Å². The van der Waals surface area contributed by atoms with Gasteiger partial charge in [-0.05, 0) is 79.3 Å². The Labute approximate surface area is 250 Å². The molecule has 1 amide bonds. The summed E-state index contributed by atoms with van der Waals surface area (Å²) in [6.45, 7) is 11.1. The highest BCUT2D eigenvalue weighted by atomic mass is 32.2. The van der Waals surface area contributed by atoms with E-state index in [0.29, 0.717) is 41.4 Å². The van der Waals surface area contributed by atoms with Crippen molar-refractivity contribution in [2.24, 2.45) is 5.92 Å². The second kappa shape index (κ2) is 13.3. The van der Waals surface area contributed by atoms with Crippen molar-refractivity contribution in [1.29, 1.82) is 0 Å². The number of aryl methyl sites for hydroxylation is 1. The monoisotopic (exact) mass is 597 g/mol. The Morgan fingerprint density at radius 1 is 1.02 bits per heavy atom. The van der Waals surface area contributed by atoms with Gasteiger partial charge in [-0.1, -0.05) is 26.0 Å². The molecule has 3 aromatic rings. The van der Waals surface area contributed by atoms with Gasteiger partial charge >= 0.3 is 0 Å². The first-order chi connectivity index (χ1) is 20.0. The molecule has 10 heteroatoms. The van der Waals surface area contributed by atoms with Crippen molar-refractivity contribution in [3.05, 3.63) is 76.6 Å². The van der Waals surface area contributed by atoms with Crippen LogP contribution < -0.4 is 9.47 Å². The minimum atomic E-state index is -3.81. The van der Waals surface area contributed by atoms with Gasteiger partial charge in [-0.2, -0.15) is 4.31 Å². The highest BCUT2D eigenvalue weighted by Gasteiger charge is 2.33. The summed E-state index contributed by atoms with van der Waals surface area (Å²) in [5.41, 5.74) is 4.13. The Bertz CT molecular complexity index is 1500. The Morgan fingerprint density at radius 2 is 1.74 bits per heavy atom. The number of methoxy groups -OCH3 is 2. The van der Waals surface area contributed by atoms with E-state index in [4.69, 9.17) is 14.2 Å². The summed E-state index contributed by atoms with van der Waals surface area (Å²) in [6.07, 6.45) is 2.03. The lowest BCUT2D eigenvalue weighted by atomic mass is 9.99. The SMILES string of the molecule is COc1ccc(C2c3cccn3CCN2C(=O)COCCN(CC(C)C)S(=O)(=O)c2c(C)cc(OC)c(C)c2C)cc1. The molecule has 2 heterocycles. The first-order valence-corrected chi connectivity index (χ1v) is 15.7. The Hall–Kier alpha value is -3.34. The van der Waals surface area contributed by atoms with Crippen LogP contribution in [0.1, 0.15) is 47.8 Å². The number of ether oxygens (including phenoxy) is 3. The zero-order chi connectivity index (χ0) is 30.6. The van der Waals surface area contributed by atoms with E-state index in [2.05, 4.69) is 4.57 Å². The average molecular weight is 598 g/mol. The number of aromatic nitrogens is 1. The van der Waals surface area contributed by atoms with E-state index >= 15 is 0 Å². The van der Waals surface area contributed by atoms with E-state index < -0.39 is 10.0 Å². The van der Waals surface area contributed by atoms with Crippen LogP contribution in [0.15, 0.2) is 53.6 Å². The van der Waals surface area contributed by atoms with Crippen LogP contribution in [-0.4, -0.2) is 75.2 Å². The largest absolute Gasteiger partial charge is 0.497 e. The van der Waals surface area contributed by atoms with Gasteiger partial charge in [0.2, 0.25) is 15.9 Å². The minimum absolute atomic E-state index is 0.0995. The maximum Gasteiger partial charge on any atom is 0.249 e. The van der Waals surface area contributed by atoms with Gasteiger partial charge in [-0.3, -0.25) is 4.79 Å². The Balaban J connectivity index is 1.47. The van der Waals surface area contributed by atoms with Crippen molar-refractivity contribution in [1.82, 2.24) is 13.8 Å². The standard InChI is InChI=1S/C32H43N3O6S/c1-22(2)20-34(42(37,38)32-23(3)19-29(40-7)24(4)25(32)5)17-18-41-21-30(36)35-16-15-33-14-8-9-28(33)31(35)26-10-12-27(39-6)13-11-26/h8-14,19,22,31H,15-18,20-21H2,1-7H3. The Kier molecular flexibility index (Phi) is 10.0. The van der Waals surface area contributed by atoms with E-state index in [-0.39, 0.29) is 37.6 Å². The summed E-state index contributed by atoms with van der Waals surface area (Å²) in [5, 5.41) is 0. The number of amides is 1. The second-order valence-electron chi connectivity index (χ2n) is 11.2. The Morgan fingerprint density at radius 3 is 2.38 bits per heavy atom. The fourth-order valence-electron chi connectivity index (χ4n) is 5.67. The molecule has 0 saturated heterocycles. The number of sulfonamides is 1. The molecule has 0 aliphatic carbocycles. The molecule has 0 spiro atoms. The van der Waals surface area contributed by atoms with Crippen molar-refractivity contribution in [2.75, 3.05) is 47.1 Å². The van der Waals surface area contributed by atoms with Crippen molar-refractivity contribution in [3.8, 4) is 11.5 Å². The third-order valence-electron chi connectivity index (χ3n) is 7.87. The number of benzene rings is 2. The van der Waals surface area contributed by atoms with Gasteiger partial charge < -0.3 is 23.7 Å². The zero-order valence-electron chi connectivity index (χ0n) is 25.7. The zero-order valence-corrected chi connectivity index (χ0v) is 26.5. The molecule has 1 aliphatic rings. The highest BCUT2D eigenvalue weighted by Crippen LogP contribution is 2.34. The highest BCUT2D eigenvalue weighted by molar-refractivity contribution is 7.89. The number of carbonyl (C=O) groups excluding carboxylic acids is 1. The van der Waals surface area contributed by atoms with E-state index in [1.54, 1.807) is 27.2 Å². The van der Waals surface area contributed by atoms with Crippen molar-refractivity contribution in [2.45, 2.75) is 52.1 Å². The van der Waals surface area contributed by atoms with Gasteiger partial charge in [0.15, 0.2) is 0 Å². The first-order valence-electron chi connectivity index (χ1n) is 14.3. The molecule has 1 aliphatic heterocycles. The molecule has 2 aromatic carbocycles. The fourth-order valence-corrected chi connectivity index (χ4v) is 7.75. The quantitative estimate of drug-likeness (QED) is 0.281. The van der Waals surface area contributed by atoms with E-state index in [9.17, 15) is 13.2 Å². The van der Waals surface area contributed by atoms with Gasteiger partial charge in [0.25, 0.3) is 0 Å². The van der Waals surface area contributed by atoms with Gasteiger partial charge in [0, 0.05) is 38.1 Å². The number of hydrogen-bond acceptors (Lipinski definition) is 6. The van der Waals surface area contributed by atoms with Crippen LogP contribution in [-0.2, 0) is 26.1 Å². The van der Waals surface area contributed by atoms with Crippen LogP contribution in [0.25, 0.3) is 0 Å². The molecule has 0 fully saturated rings. The van der Waals surface area contributed by atoms with Gasteiger partial charge in [0.1, 0.15) is 18.1 Å². The summed E-state index contributed by atoms with van der Waals surface area (Å²) in [5.74, 6) is 1.39. The summed E-state index contributed by atoms with van der Waals surface area (Å²) in [7, 11) is -0.604. The number of carbonyl (C=O) groups is 1. The third kappa shape index (κ3) is 6.50. The molecule has 1 aromatic heterocycles. The van der Waals surface area contributed by atoms with Gasteiger partial charge in [-0.15, -0.1) is 0 Å². The molecular weight excluding hydrogens is 554 g/mol. The topological polar surface area (TPSA) is 90.3 Å². The van der Waals surface area contributed by atoms with Crippen LogP contribution in [0.2, 0.25) is 0 Å². The first kappa shape index (κ1) is 31.6. The lowest BCUT2D eigenvalue weighted by Crippen LogP contribution is -2.44. The predicted molar refractivity (Wildman–Crippen MR) is 163 cm³/mol. The molecule has 228 valence electrons. The van der Waals surface area contributed by atoms with E-state index in [1.165, 1.54) is 4.31 Å². The normalized spacial score (nSPS) is 15.3. The van der Waals surface area contributed by atoms with Crippen molar-refractivity contribution >= 4 is 15.9 Å². The molecule has 0 N–H and O–H groups in total. The summed E-state index contributed by atoms with van der Waals surface area (Å²) in [6, 6.07) is 13.3. The van der Waals surface area contributed by atoms with Crippen LogP contribution in [0.5, 0.6) is 11.5 Å². The molecule has 0 bridgehead atoms. The number of rotatable bonds is 12. The molecule has 0 radical (unpaired) electrons. The number of fused-ring (bicyclic) bond motifs is 1. The number of nitrogens with zero attached hydrogens (tertiary/aromatic N) is 3. The lowest BCUT2D eigenvalue weighted by Gasteiger charge is -2.37. The van der Waals surface area contributed by atoms with Gasteiger partial charge in [-0.25, -0.2) is 8.42 Å². The fraction of sp³-hybridized carbons (Fsp3) is 0.469. The summed E-state index contributed by atoms with van der Waals surface area (Å²) < 4.78 is 48.1. The van der Waals surface area contributed by atoms with Crippen molar-refractivity contribution < 1.29 is 27.4 Å². The van der Waals surface area contributed by atoms with E-state index in [0.717, 1.165) is 22.6 Å². The molecular formula is C32H43N3O6S. The smallest absolute Gasteiger partial charge is 0.249 e. The molecule has 0 saturated carbocycles.